The van der Waals surface area contributed by atoms with Crippen LogP contribution >= 0.6 is 11.8 Å². The Morgan fingerprint density at radius 2 is 2.16 bits per heavy atom. The van der Waals surface area contributed by atoms with Gasteiger partial charge < -0.3 is 5.73 Å². The molecule has 0 amide bonds. The molecule has 0 bridgehead atoms. The maximum absolute atomic E-state index is 14.0. The molecule has 0 saturated carbocycles. The fourth-order valence-corrected chi connectivity index (χ4v) is 2.49. The molecule has 2 rings (SSSR count). The molecule has 2 aromatic rings. The zero-order chi connectivity index (χ0) is 13.8. The molecular formula is C14H16FN3S. The Hall–Kier alpha value is -1.46. The molecule has 2 N–H and O–H groups in total. The first kappa shape index (κ1) is 14.0. The van der Waals surface area contributed by atoms with E-state index in [9.17, 15) is 4.39 Å². The van der Waals surface area contributed by atoms with E-state index in [0.29, 0.717) is 16.5 Å². The number of halogens is 1. The first-order valence-corrected chi connectivity index (χ1v) is 6.88. The summed E-state index contributed by atoms with van der Waals surface area (Å²) in [6, 6.07) is 7.01. The molecule has 0 aliphatic rings. The van der Waals surface area contributed by atoms with Crippen LogP contribution in [0.5, 0.6) is 0 Å². The van der Waals surface area contributed by atoms with E-state index < -0.39 is 0 Å². The van der Waals surface area contributed by atoms with E-state index >= 15 is 0 Å². The van der Waals surface area contributed by atoms with Crippen molar-refractivity contribution in [2.24, 2.45) is 5.73 Å². The predicted molar refractivity (Wildman–Crippen MR) is 74.6 cm³/mol. The van der Waals surface area contributed by atoms with Crippen molar-refractivity contribution in [3.05, 3.63) is 47.5 Å². The van der Waals surface area contributed by atoms with Gasteiger partial charge in [-0.2, -0.15) is 0 Å². The van der Waals surface area contributed by atoms with Crippen molar-refractivity contribution < 1.29 is 4.39 Å². The Morgan fingerprint density at radius 1 is 1.37 bits per heavy atom. The molecule has 100 valence electrons. The lowest BCUT2D eigenvalue weighted by Gasteiger charge is -2.07. The molecule has 1 unspecified atom stereocenters. The molecular weight excluding hydrogens is 261 g/mol. The molecule has 1 atom stereocenters. The molecule has 1 heterocycles. The second-order valence-electron chi connectivity index (χ2n) is 4.53. The van der Waals surface area contributed by atoms with Crippen molar-refractivity contribution in [2.75, 3.05) is 0 Å². The molecule has 19 heavy (non-hydrogen) atoms. The summed E-state index contributed by atoms with van der Waals surface area (Å²) in [6.07, 6.45) is 2.34. The van der Waals surface area contributed by atoms with Crippen molar-refractivity contribution in [2.45, 2.75) is 36.4 Å². The van der Waals surface area contributed by atoms with Gasteiger partial charge in [0, 0.05) is 17.9 Å². The van der Waals surface area contributed by atoms with Gasteiger partial charge in [0.15, 0.2) is 5.16 Å². The highest BCUT2D eigenvalue weighted by molar-refractivity contribution is 7.99. The van der Waals surface area contributed by atoms with E-state index in [4.69, 9.17) is 5.73 Å². The number of aryl methyl sites for hydroxylation is 1. The first-order chi connectivity index (χ1) is 9.04. The van der Waals surface area contributed by atoms with Crippen LogP contribution in [0.4, 0.5) is 4.39 Å². The average molecular weight is 277 g/mol. The van der Waals surface area contributed by atoms with Crippen molar-refractivity contribution in [3.8, 4) is 0 Å². The van der Waals surface area contributed by atoms with E-state index in [1.54, 1.807) is 12.3 Å². The van der Waals surface area contributed by atoms with Crippen LogP contribution in [0.3, 0.4) is 0 Å². The van der Waals surface area contributed by atoms with Gasteiger partial charge in [-0.1, -0.05) is 6.07 Å². The third kappa shape index (κ3) is 4.01. The van der Waals surface area contributed by atoms with Crippen LogP contribution in [-0.2, 0) is 6.42 Å². The molecule has 0 spiro atoms. The normalized spacial score (nSPS) is 12.4. The third-order valence-electron chi connectivity index (χ3n) is 2.53. The predicted octanol–water partition coefficient (Wildman–Crippen LogP) is 2.97. The van der Waals surface area contributed by atoms with Crippen LogP contribution in [0.1, 0.15) is 18.2 Å². The molecule has 5 heteroatoms. The fraction of sp³-hybridized carbons (Fsp3) is 0.286. The maximum Gasteiger partial charge on any atom is 0.192 e. The molecule has 3 nitrogen and oxygen atoms in total. The quantitative estimate of drug-likeness (QED) is 0.873. The van der Waals surface area contributed by atoms with Crippen molar-refractivity contribution >= 4 is 11.8 Å². The number of hydrogen-bond acceptors (Lipinski definition) is 4. The van der Waals surface area contributed by atoms with Gasteiger partial charge in [-0.15, -0.1) is 0 Å². The van der Waals surface area contributed by atoms with Crippen LogP contribution in [0, 0.1) is 12.7 Å². The summed E-state index contributed by atoms with van der Waals surface area (Å²) in [4.78, 5) is 8.88. The van der Waals surface area contributed by atoms with Gasteiger partial charge in [0.1, 0.15) is 5.82 Å². The number of benzene rings is 1. The summed E-state index contributed by atoms with van der Waals surface area (Å²) < 4.78 is 14.0. The average Bonchev–Trinajstić information content (AvgIpc) is 2.32. The van der Waals surface area contributed by atoms with Gasteiger partial charge in [-0.25, -0.2) is 14.4 Å². The van der Waals surface area contributed by atoms with Crippen molar-refractivity contribution in [1.29, 1.82) is 0 Å². The van der Waals surface area contributed by atoms with Crippen LogP contribution < -0.4 is 5.73 Å². The van der Waals surface area contributed by atoms with Gasteiger partial charge in [0.25, 0.3) is 0 Å². The number of rotatable bonds is 4. The summed E-state index contributed by atoms with van der Waals surface area (Å²) in [5, 5.41) is 0.554. The zero-order valence-electron chi connectivity index (χ0n) is 10.9. The summed E-state index contributed by atoms with van der Waals surface area (Å²) in [7, 11) is 0. The molecule has 0 saturated heterocycles. The van der Waals surface area contributed by atoms with E-state index in [2.05, 4.69) is 9.97 Å². The van der Waals surface area contributed by atoms with Gasteiger partial charge >= 0.3 is 0 Å². The minimum Gasteiger partial charge on any atom is -0.328 e. The molecule has 0 aliphatic carbocycles. The van der Waals surface area contributed by atoms with Crippen molar-refractivity contribution in [3.63, 3.8) is 0 Å². The maximum atomic E-state index is 14.0. The third-order valence-corrected chi connectivity index (χ3v) is 3.46. The second-order valence-corrected chi connectivity index (χ2v) is 5.54. The minimum atomic E-state index is -0.256. The Balaban J connectivity index is 2.17. The SMILES string of the molecule is Cc1ccnc(Sc2ccc(CC(C)N)cc2F)n1. The Morgan fingerprint density at radius 3 is 2.79 bits per heavy atom. The number of nitrogens with two attached hydrogens (primary N) is 1. The topological polar surface area (TPSA) is 51.8 Å². The second kappa shape index (κ2) is 6.12. The van der Waals surface area contributed by atoms with Crippen molar-refractivity contribution in [1.82, 2.24) is 9.97 Å². The molecule has 1 aromatic heterocycles. The van der Waals surface area contributed by atoms with Gasteiger partial charge in [-0.3, -0.25) is 0 Å². The highest BCUT2D eigenvalue weighted by atomic mass is 32.2. The van der Waals surface area contributed by atoms with Crippen LogP contribution in [0.2, 0.25) is 0 Å². The van der Waals surface area contributed by atoms with E-state index in [0.717, 1.165) is 11.3 Å². The van der Waals surface area contributed by atoms with E-state index in [-0.39, 0.29) is 11.9 Å². The van der Waals surface area contributed by atoms with E-state index in [1.807, 2.05) is 26.0 Å². The highest BCUT2D eigenvalue weighted by Crippen LogP contribution is 2.27. The minimum absolute atomic E-state index is 0.0259. The molecule has 0 fully saturated rings. The number of hydrogen-bond donors (Lipinski definition) is 1. The Bertz CT molecular complexity index is 572. The van der Waals surface area contributed by atoms with Crippen LogP contribution in [0.25, 0.3) is 0 Å². The summed E-state index contributed by atoms with van der Waals surface area (Å²) in [5.74, 6) is -0.256. The van der Waals surface area contributed by atoms with Crippen LogP contribution in [-0.4, -0.2) is 16.0 Å². The lowest BCUT2D eigenvalue weighted by atomic mass is 10.1. The van der Waals surface area contributed by atoms with Gasteiger partial charge in [0.05, 0.1) is 4.90 Å². The summed E-state index contributed by atoms with van der Waals surface area (Å²) >= 11 is 1.23. The number of aromatic nitrogens is 2. The molecule has 0 radical (unpaired) electrons. The zero-order valence-corrected chi connectivity index (χ0v) is 11.7. The summed E-state index contributed by atoms with van der Waals surface area (Å²) in [6.45, 7) is 3.79. The van der Waals surface area contributed by atoms with E-state index in [1.165, 1.54) is 17.8 Å². The molecule has 0 aliphatic heterocycles. The highest BCUT2D eigenvalue weighted by Gasteiger charge is 2.08. The van der Waals surface area contributed by atoms with Gasteiger partial charge in [0.2, 0.25) is 0 Å². The lowest BCUT2D eigenvalue weighted by Crippen LogP contribution is -2.17. The fourth-order valence-electron chi connectivity index (χ4n) is 1.70. The van der Waals surface area contributed by atoms with Gasteiger partial charge in [-0.05, 0) is 55.8 Å². The Labute approximate surface area is 116 Å². The first-order valence-electron chi connectivity index (χ1n) is 6.06. The monoisotopic (exact) mass is 277 g/mol. The summed E-state index contributed by atoms with van der Waals surface area (Å²) in [5.41, 5.74) is 7.48. The Kier molecular flexibility index (Phi) is 4.50. The lowest BCUT2D eigenvalue weighted by molar-refractivity contribution is 0.597. The molecule has 1 aromatic carbocycles. The standard InChI is InChI=1S/C14H16FN3S/c1-9(16)7-11-3-4-13(12(15)8-11)19-14-17-6-5-10(2)18-14/h3-6,8-9H,7,16H2,1-2H3. The largest absolute Gasteiger partial charge is 0.328 e. The smallest absolute Gasteiger partial charge is 0.192 e. The van der Waals surface area contributed by atoms with Crippen LogP contribution in [0.15, 0.2) is 40.5 Å². The number of nitrogens with zero attached hydrogens (tertiary/aromatic N) is 2.